The van der Waals surface area contributed by atoms with E-state index in [1.54, 1.807) is 0 Å². The van der Waals surface area contributed by atoms with Crippen molar-refractivity contribution in [3.63, 3.8) is 0 Å². The summed E-state index contributed by atoms with van der Waals surface area (Å²) in [5.74, 6) is -0.729. The molecule has 0 spiro atoms. The fraction of sp³-hybridized carbons (Fsp3) is 0.273. The number of piperidine rings is 1. The molecule has 20 heavy (non-hydrogen) atoms. The average Bonchev–Trinajstić information content (AvgIpc) is 2.31. The minimum Gasteiger partial charge on any atom is -0.398 e. The number of hydrogen-bond donors (Lipinski definition) is 4. The van der Waals surface area contributed by atoms with E-state index in [4.69, 9.17) is 10.9 Å². The van der Waals surface area contributed by atoms with Crippen LogP contribution in [0.4, 0.5) is 11.4 Å². The first kappa shape index (κ1) is 14.3. The molecule has 1 fully saturated rings. The largest absolute Gasteiger partial charge is 0.398 e. The SMILES string of the molecule is Nc1cc(NC2CCC(=O)NC2=O)ccc1S(N)(=O)=O. The molecule has 1 unspecified atom stereocenters. The Bertz CT molecular complexity index is 671. The number of hydrogen-bond acceptors (Lipinski definition) is 6. The molecule has 0 bridgehead atoms. The molecular formula is C11H14N4O4S. The molecule has 1 heterocycles. The van der Waals surface area contributed by atoms with E-state index >= 15 is 0 Å². The number of amides is 2. The molecule has 9 heteroatoms. The molecule has 1 aromatic carbocycles. The third-order valence-corrected chi connectivity index (χ3v) is 3.88. The number of carbonyl (C=O) groups is 2. The lowest BCUT2D eigenvalue weighted by Gasteiger charge is -2.23. The van der Waals surface area contributed by atoms with Gasteiger partial charge in [-0.1, -0.05) is 0 Å². The van der Waals surface area contributed by atoms with Crippen LogP contribution >= 0.6 is 0 Å². The summed E-state index contributed by atoms with van der Waals surface area (Å²) in [4.78, 5) is 22.4. The molecule has 2 amide bonds. The van der Waals surface area contributed by atoms with Crippen molar-refractivity contribution in [1.82, 2.24) is 5.32 Å². The molecule has 6 N–H and O–H groups in total. The van der Waals surface area contributed by atoms with Crippen LogP contribution in [-0.4, -0.2) is 26.3 Å². The van der Waals surface area contributed by atoms with Crippen LogP contribution in [0.25, 0.3) is 0 Å². The summed E-state index contributed by atoms with van der Waals surface area (Å²) in [7, 11) is -3.88. The molecule has 2 rings (SSSR count). The number of anilines is 2. The van der Waals surface area contributed by atoms with E-state index in [0.29, 0.717) is 12.1 Å². The zero-order valence-electron chi connectivity index (χ0n) is 10.4. The number of imide groups is 1. The Balaban J connectivity index is 2.17. The van der Waals surface area contributed by atoms with Gasteiger partial charge >= 0.3 is 0 Å². The Morgan fingerprint density at radius 2 is 2.00 bits per heavy atom. The Kier molecular flexibility index (Phi) is 3.64. The zero-order valence-corrected chi connectivity index (χ0v) is 11.2. The van der Waals surface area contributed by atoms with Crippen LogP contribution < -0.4 is 21.5 Å². The van der Waals surface area contributed by atoms with E-state index in [-0.39, 0.29) is 22.9 Å². The summed E-state index contributed by atoms with van der Waals surface area (Å²) >= 11 is 0. The van der Waals surface area contributed by atoms with E-state index in [1.807, 2.05) is 0 Å². The highest BCUT2D eigenvalue weighted by molar-refractivity contribution is 7.89. The van der Waals surface area contributed by atoms with E-state index in [0.717, 1.165) is 0 Å². The fourth-order valence-corrected chi connectivity index (χ4v) is 2.57. The highest BCUT2D eigenvalue weighted by Gasteiger charge is 2.26. The fourth-order valence-electron chi connectivity index (χ4n) is 1.93. The molecule has 1 saturated heterocycles. The molecule has 1 aliphatic heterocycles. The number of nitrogen functional groups attached to an aromatic ring is 1. The van der Waals surface area contributed by atoms with E-state index in [2.05, 4.69) is 10.6 Å². The number of carbonyl (C=O) groups excluding carboxylic acids is 2. The van der Waals surface area contributed by atoms with Gasteiger partial charge in [-0.05, 0) is 24.6 Å². The molecule has 1 aliphatic rings. The van der Waals surface area contributed by atoms with Crippen molar-refractivity contribution in [2.45, 2.75) is 23.8 Å². The van der Waals surface area contributed by atoms with Gasteiger partial charge in [0.15, 0.2) is 0 Å². The van der Waals surface area contributed by atoms with Gasteiger partial charge in [0.05, 0.1) is 5.69 Å². The lowest BCUT2D eigenvalue weighted by atomic mass is 10.1. The van der Waals surface area contributed by atoms with Crippen LogP contribution in [0.2, 0.25) is 0 Å². The topological polar surface area (TPSA) is 144 Å². The van der Waals surface area contributed by atoms with Gasteiger partial charge in [-0.25, -0.2) is 13.6 Å². The van der Waals surface area contributed by atoms with Gasteiger partial charge in [-0.15, -0.1) is 0 Å². The van der Waals surface area contributed by atoms with Gasteiger partial charge in [0.25, 0.3) is 0 Å². The highest BCUT2D eigenvalue weighted by atomic mass is 32.2. The average molecular weight is 298 g/mol. The number of rotatable bonds is 3. The van der Waals surface area contributed by atoms with Crippen molar-refractivity contribution in [2.75, 3.05) is 11.1 Å². The maximum absolute atomic E-state index is 11.6. The summed E-state index contributed by atoms with van der Waals surface area (Å²) in [6, 6.07) is 3.54. The van der Waals surface area contributed by atoms with Crippen molar-refractivity contribution >= 4 is 33.2 Å². The molecule has 0 radical (unpaired) electrons. The standard InChI is InChI=1S/C11H14N4O4S/c12-7-5-6(1-3-9(7)20(13,18)19)14-8-2-4-10(16)15-11(8)17/h1,3,5,8,14H,2,4,12H2,(H2,13,18,19)(H,15,16,17). The van der Waals surface area contributed by atoms with Gasteiger partial charge in [0, 0.05) is 12.1 Å². The number of benzene rings is 1. The van der Waals surface area contributed by atoms with Gasteiger partial charge in [-0.3, -0.25) is 14.9 Å². The Hall–Kier alpha value is -2.13. The number of primary sulfonamides is 1. The van der Waals surface area contributed by atoms with Gasteiger partial charge in [-0.2, -0.15) is 0 Å². The zero-order chi connectivity index (χ0) is 14.9. The highest BCUT2D eigenvalue weighted by Crippen LogP contribution is 2.22. The van der Waals surface area contributed by atoms with Crippen LogP contribution in [0.3, 0.4) is 0 Å². The third-order valence-electron chi connectivity index (χ3n) is 2.90. The first-order valence-electron chi connectivity index (χ1n) is 5.80. The van der Waals surface area contributed by atoms with E-state index in [9.17, 15) is 18.0 Å². The van der Waals surface area contributed by atoms with Crippen LogP contribution in [0.15, 0.2) is 23.1 Å². The molecule has 8 nitrogen and oxygen atoms in total. The smallest absolute Gasteiger partial charge is 0.249 e. The molecule has 1 aromatic rings. The number of nitrogens with two attached hydrogens (primary N) is 2. The molecule has 108 valence electrons. The summed E-state index contributed by atoms with van der Waals surface area (Å²) in [6.45, 7) is 0. The lowest BCUT2D eigenvalue weighted by Crippen LogP contribution is -2.47. The first-order chi connectivity index (χ1) is 9.27. The summed E-state index contributed by atoms with van der Waals surface area (Å²) < 4.78 is 22.4. The molecule has 1 atom stereocenters. The van der Waals surface area contributed by atoms with Crippen molar-refractivity contribution in [2.24, 2.45) is 5.14 Å². The van der Waals surface area contributed by atoms with Gasteiger partial charge < -0.3 is 11.1 Å². The van der Waals surface area contributed by atoms with Crippen LogP contribution in [0.1, 0.15) is 12.8 Å². The van der Waals surface area contributed by atoms with E-state index in [1.165, 1.54) is 18.2 Å². The van der Waals surface area contributed by atoms with Crippen molar-refractivity contribution in [3.8, 4) is 0 Å². The first-order valence-corrected chi connectivity index (χ1v) is 7.34. The Morgan fingerprint density at radius 3 is 2.55 bits per heavy atom. The Labute approximate surface area is 115 Å². The predicted octanol–water partition coefficient (Wildman–Crippen LogP) is -0.867. The second-order valence-corrected chi connectivity index (χ2v) is 5.98. The predicted molar refractivity (Wildman–Crippen MR) is 72.0 cm³/mol. The third kappa shape index (κ3) is 3.06. The van der Waals surface area contributed by atoms with Crippen LogP contribution in [0.5, 0.6) is 0 Å². The monoisotopic (exact) mass is 298 g/mol. The van der Waals surface area contributed by atoms with Gasteiger partial charge in [0.2, 0.25) is 21.8 Å². The molecular weight excluding hydrogens is 284 g/mol. The number of nitrogens with one attached hydrogen (secondary N) is 2. The van der Waals surface area contributed by atoms with Crippen LogP contribution in [-0.2, 0) is 19.6 Å². The number of sulfonamides is 1. The maximum atomic E-state index is 11.6. The summed E-state index contributed by atoms with van der Waals surface area (Å²) in [6.07, 6.45) is 0.607. The van der Waals surface area contributed by atoms with Crippen LogP contribution in [0, 0.1) is 0 Å². The normalized spacial score (nSPS) is 19.6. The minimum atomic E-state index is -3.88. The second-order valence-electron chi connectivity index (χ2n) is 4.45. The molecule has 0 saturated carbocycles. The minimum absolute atomic E-state index is 0.00945. The quantitative estimate of drug-likeness (QED) is 0.422. The van der Waals surface area contributed by atoms with E-state index < -0.39 is 22.0 Å². The molecule has 0 aliphatic carbocycles. The Morgan fingerprint density at radius 1 is 1.30 bits per heavy atom. The van der Waals surface area contributed by atoms with Gasteiger partial charge in [0.1, 0.15) is 10.9 Å². The van der Waals surface area contributed by atoms with Crippen molar-refractivity contribution in [3.05, 3.63) is 18.2 Å². The second kappa shape index (κ2) is 5.10. The van der Waals surface area contributed by atoms with Crippen molar-refractivity contribution in [1.29, 1.82) is 0 Å². The molecule has 0 aromatic heterocycles. The summed E-state index contributed by atoms with van der Waals surface area (Å²) in [5, 5.41) is 10.1. The lowest BCUT2D eigenvalue weighted by molar-refractivity contribution is -0.133. The van der Waals surface area contributed by atoms with Crippen molar-refractivity contribution < 1.29 is 18.0 Å². The summed E-state index contributed by atoms with van der Waals surface area (Å²) in [5.41, 5.74) is 6.08. The maximum Gasteiger partial charge on any atom is 0.249 e.